The number of hydrogen-bond donors (Lipinski definition) is 1. The van der Waals surface area contributed by atoms with Crippen molar-refractivity contribution in [1.29, 1.82) is 0 Å². The first-order valence-corrected chi connectivity index (χ1v) is 7.72. The van der Waals surface area contributed by atoms with Gasteiger partial charge in [-0.25, -0.2) is 0 Å². The van der Waals surface area contributed by atoms with Crippen LogP contribution in [-0.4, -0.2) is 25.3 Å². The van der Waals surface area contributed by atoms with E-state index in [1.165, 1.54) is 0 Å². The molecular formula is C17H17NO2S. The molecular weight excluding hydrogens is 282 g/mol. The van der Waals surface area contributed by atoms with E-state index in [0.29, 0.717) is 6.54 Å². The minimum Gasteiger partial charge on any atom is -0.395 e. The lowest BCUT2D eigenvalue weighted by Gasteiger charge is -2.22. The Hall–Kier alpha value is -1.91. The van der Waals surface area contributed by atoms with Crippen molar-refractivity contribution in [3.05, 3.63) is 52.2 Å². The maximum atomic E-state index is 12.9. The monoisotopic (exact) mass is 299 g/mol. The molecule has 21 heavy (non-hydrogen) atoms. The summed E-state index contributed by atoms with van der Waals surface area (Å²) in [4.78, 5) is 14.8. The molecule has 0 aliphatic carbocycles. The fourth-order valence-corrected chi connectivity index (χ4v) is 3.81. The molecule has 0 aliphatic heterocycles. The van der Waals surface area contributed by atoms with Crippen LogP contribution in [0.15, 0.2) is 41.2 Å². The van der Waals surface area contributed by atoms with Crippen LogP contribution in [0.1, 0.15) is 5.56 Å². The van der Waals surface area contributed by atoms with Crippen molar-refractivity contribution in [3.8, 4) is 0 Å². The first-order valence-electron chi connectivity index (χ1n) is 6.90. The van der Waals surface area contributed by atoms with E-state index in [0.717, 1.165) is 31.4 Å². The van der Waals surface area contributed by atoms with E-state index in [2.05, 4.69) is 0 Å². The highest BCUT2D eigenvalue weighted by atomic mass is 32.1. The summed E-state index contributed by atoms with van der Waals surface area (Å²) in [6, 6.07) is 11.8. The minimum absolute atomic E-state index is 0.0670. The van der Waals surface area contributed by atoms with Gasteiger partial charge in [-0.05, 0) is 30.7 Å². The highest BCUT2D eigenvalue weighted by Gasteiger charge is 2.14. The zero-order valence-corrected chi connectivity index (χ0v) is 12.9. The number of rotatable bonds is 3. The standard InChI is InChI=1S/C17H17NO2S/c1-11-7-8-14-15(16(11)18(2)9-10-19)17(20)12-5-3-4-6-13(12)21-14/h3-8,19H,9-10H2,1-2H3. The Bertz CT molecular complexity index is 870. The third kappa shape index (κ3) is 2.30. The summed E-state index contributed by atoms with van der Waals surface area (Å²) >= 11 is 1.63. The molecule has 3 aromatic rings. The Labute approximate surface area is 127 Å². The van der Waals surface area contributed by atoms with Crippen molar-refractivity contribution >= 4 is 37.2 Å². The summed E-state index contributed by atoms with van der Waals surface area (Å²) in [5, 5.41) is 10.7. The van der Waals surface area contributed by atoms with Crippen molar-refractivity contribution < 1.29 is 5.11 Å². The zero-order chi connectivity index (χ0) is 15.0. The number of hydrogen-bond acceptors (Lipinski definition) is 4. The fraction of sp³-hybridized carbons (Fsp3) is 0.235. The first kappa shape index (κ1) is 14.0. The molecule has 0 unspecified atom stereocenters. The molecule has 4 heteroatoms. The first-order chi connectivity index (χ1) is 10.1. The summed E-state index contributed by atoms with van der Waals surface area (Å²) in [6.45, 7) is 2.58. The molecule has 1 N–H and O–H groups in total. The van der Waals surface area contributed by atoms with Crippen LogP contribution >= 0.6 is 11.3 Å². The lowest BCUT2D eigenvalue weighted by Crippen LogP contribution is -2.23. The van der Waals surface area contributed by atoms with Gasteiger partial charge in [0.1, 0.15) is 0 Å². The molecule has 3 rings (SSSR count). The second kappa shape index (κ2) is 5.47. The van der Waals surface area contributed by atoms with Crippen molar-refractivity contribution in [3.63, 3.8) is 0 Å². The van der Waals surface area contributed by atoms with Gasteiger partial charge in [0.05, 0.1) is 17.7 Å². The maximum absolute atomic E-state index is 12.9. The Kier molecular flexibility index (Phi) is 3.66. The number of anilines is 1. The number of likely N-dealkylation sites (N-methyl/N-ethyl adjacent to an activating group) is 1. The summed E-state index contributed by atoms with van der Waals surface area (Å²) < 4.78 is 2.00. The highest BCUT2D eigenvalue weighted by Crippen LogP contribution is 2.32. The van der Waals surface area contributed by atoms with E-state index >= 15 is 0 Å². The Morgan fingerprint density at radius 1 is 1.14 bits per heavy atom. The van der Waals surface area contributed by atoms with Gasteiger partial charge in [-0.2, -0.15) is 0 Å². The van der Waals surface area contributed by atoms with Gasteiger partial charge in [-0.15, -0.1) is 11.3 Å². The Balaban J connectivity index is 2.44. The molecule has 1 aromatic heterocycles. The lowest BCUT2D eigenvalue weighted by molar-refractivity contribution is 0.304. The molecule has 0 radical (unpaired) electrons. The second-order valence-electron chi connectivity index (χ2n) is 5.18. The largest absolute Gasteiger partial charge is 0.395 e. The number of aliphatic hydroxyl groups excluding tert-OH is 1. The second-order valence-corrected chi connectivity index (χ2v) is 6.26. The van der Waals surface area contributed by atoms with Crippen LogP contribution in [0.4, 0.5) is 5.69 Å². The van der Waals surface area contributed by atoms with Gasteiger partial charge >= 0.3 is 0 Å². The number of benzene rings is 2. The number of nitrogens with zero attached hydrogens (tertiary/aromatic N) is 1. The molecule has 3 nitrogen and oxygen atoms in total. The molecule has 0 atom stereocenters. The summed E-state index contributed by atoms with van der Waals surface area (Å²) in [5.41, 5.74) is 2.05. The number of aliphatic hydroxyl groups is 1. The Morgan fingerprint density at radius 3 is 2.67 bits per heavy atom. The number of fused-ring (bicyclic) bond motifs is 2. The molecule has 0 saturated carbocycles. The normalized spacial score (nSPS) is 11.2. The third-order valence-electron chi connectivity index (χ3n) is 3.74. The van der Waals surface area contributed by atoms with Crippen LogP contribution in [0.25, 0.3) is 20.2 Å². The molecule has 108 valence electrons. The molecule has 0 aliphatic rings. The SMILES string of the molecule is Cc1ccc2sc3ccccc3c(=O)c2c1N(C)CCO. The predicted molar refractivity (Wildman–Crippen MR) is 90.7 cm³/mol. The van der Waals surface area contributed by atoms with Crippen LogP contribution in [-0.2, 0) is 0 Å². The maximum Gasteiger partial charge on any atom is 0.197 e. The van der Waals surface area contributed by atoms with Crippen LogP contribution < -0.4 is 10.3 Å². The van der Waals surface area contributed by atoms with Crippen molar-refractivity contribution in [1.82, 2.24) is 0 Å². The molecule has 0 saturated heterocycles. The lowest BCUT2D eigenvalue weighted by atomic mass is 10.1. The molecule has 0 spiro atoms. The molecule has 2 aromatic carbocycles. The quantitative estimate of drug-likeness (QED) is 0.755. The summed E-state index contributed by atoms with van der Waals surface area (Å²) in [5.74, 6) is 0. The predicted octanol–water partition coefficient (Wildman–Crippen LogP) is 3.15. The number of aryl methyl sites for hydroxylation is 1. The molecule has 0 fully saturated rings. The van der Waals surface area contributed by atoms with Gasteiger partial charge in [0.15, 0.2) is 5.43 Å². The van der Waals surface area contributed by atoms with Gasteiger partial charge in [-0.3, -0.25) is 4.79 Å². The van der Waals surface area contributed by atoms with Gasteiger partial charge in [-0.1, -0.05) is 18.2 Å². The molecule has 1 heterocycles. The third-order valence-corrected chi connectivity index (χ3v) is 4.87. The van der Waals surface area contributed by atoms with E-state index in [9.17, 15) is 9.90 Å². The van der Waals surface area contributed by atoms with Gasteiger partial charge in [0, 0.05) is 28.4 Å². The summed E-state index contributed by atoms with van der Waals surface area (Å²) in [6.07, 6.45) is 0. The smallest absolute Gasteiger partial charge is 0.197 e. The van der Waals surface area contributed by atoms with E-state index < -0.39 is 0 Å². The van der Waals surface area contributed by atoms with E-state index in [1.807, 2.05) is 55.3 Å². The average molecular weight is 299 g/mol. The van der Waals surface area contributed by atoms with Crippen LogP contribution in [0.2, 0.25) is 0 Å². The Morgan fingerprint density at radius 2 is 1.90 bits per heavy atom. The van der Waals surface area contributed by atoms with E-state index in [1.54, 1.807) is 11.3 Å². The average Bonchev–Trinajstić information content (AvgIpc) is 2.48. The van der Waals surface area contributed by atoms with E-state index in [-0.39, 0.29) is 12.0 Å². The van der Waals surface area contributed by atoms with Crippen molar-refractivity contribution in [2.24, 2.45) is 0 Å². The summed E-state index contributed by atoms with van der Waals surface area (Å²) in [7, 11) is 1.91. The van der Waals surface area contributed by atoms with Crippen molar-refractivity contribution in [2.45, 2.75) is 6.92 Å². The van der Waals surface area contributed by atoms with Crippen LogP contribution in [0.3, 0.4) is 0 Å². The molecule has 0 amide bonds. The van der Waals surface area contributed by atoms with Gasteiger partial charge in [0.2, 0.25) is 0 Å². The van der Waals surface area contributed by atoms with Gasteiger partial charge in [0.25, 0.3) is 0 Å². The van der Waals surface area contributed by atoms with Crippen molar-refractivity contribution in [2.75, 3.05) is 25.1 Å². The van der Waals surface area contributed by atoms with E-state index in [4.69, 9.17) is 0 Å². The highest BCUT2D eigenvalue weighted by molar-refractivity contribution is 7.24. The topological polar surface area (TPSA) is 40.5 Å². The zero-order valence-electron chi connectivity index (χ0n) is 12.1. The molecule has 0 bridgehead atoms. The van der Waals surface area contributed by atoms with Gasteiger partial charge < -0.3 is 10.0 Å². The van der Waals surface area contributed by atoms with Crippen LogP contribution in [0, 0.1) is 6.92 Å². The minimum atomic E-state index is 0.0670. The fourth-order valence-electron chi connectivity index (χ4n) is 2.73. The van der Waals surface area contributed by atoms with Crippen LogP contribution in [0.5, 0.6) is 0 Å².